The molecule has 0 bridgehead atoms. The van der Waals surface area contributed by atoms with Crippen molar-refractivity contribution in [1.82, 2.24) is 0 Å². The third-order valence-corrected chi connectivity index (χ3v) is 3.20. The molecule has 1 saturated heterocycles. The molecule has 0 radical (unpaired) electrons. The molecule has 0 aliphatic carbocycles. The van der Waals surface area contributed by atoms with Crippen molar-refractivity contribution in [2.75, 3.05) is 45.4 Å². The van der Waals surface area contributed by atoms with Crippen LogP contribution in [0.2, 0.25) is 0 Å². The van der Waals surface area contributed by atoms with E-state index in [0.717, 1.165) is 0 Å². The molecule has 1 heterocycles. The lowest BCUT2D eigenvalue weighted by atomic mass is 10.2. The van der Waals surface area contributed by atoms with E-state index in [4.69, 9.17) is 14.2 Å². The maximum atomic E-state index is 11.2. The van der Waals surface area contributed by atoms with Crippen molar-refractivity contribution in [3.8, 4) is 5.75 Å². The average Bonchev–Trinajstić information content (AvgIpc) is 2.47. The Balaban J connectivity index is 2.32. The molecule has 1 aromatic carbocycles. The summed E-state index contributed by atoms with van der Waals surface area (Å²) in [6.45, 7) is 2.08. The summed E-state index contributed by atoms with van der Waals surface area (Å²) in [5.41, 5.74) is 0.548. The fraction of sp³-hybridized carbons (Fsp3) is 0.538. The van der Waals surface area contributed by atoms with Gasteiger partial charge in [0.2, 0.25) is 0 Å². The molecule has 0 aromatic heterocycles. The summed E-state index contributed by atoms with van der Waals surface area (Å²) in [6.07, 6.45) is -0.0988. The molecule has 1 aliphatic heterocycles. The van der Waals surface area contributed by atoms with Gasteiger partial charge in [0.25, 0.3) is 5.69 Å². The second-order valence-corrected chi connectivity index (χ2v) is 4.48. The Kier molecular flexibility index (Phi) is 4.75. The highest BCUT2D eigenvalue weighted by molar-refractivity contribution is 5.71. The number of nitro groups is 1. The van der Waals surface area contributed by atoms with Gasteiger partial charge >= 0.3 is 0 Å². The summed E-state index contributed by atoms with van der Waals surface area (Å²) in [7, 11) is 3.11. The van der Waals surface area contributed by atoms with E-state index < -0.39 is 4.92 Å². The van der Waals surface area contributed by atoms with Gasteiger partial charge in [-0.3, -0.25) is 10.1 Å². The molecular formula is C13H18N2O5. The Labute approximate surface area is 117 Å². The van der Waals surface area contributed by atoms with Crippen LogP contribution < -0.4 is 9.64 Å². The number of anilines is 1. The van der Waals surface area contributed by atoms with Gasteiger partial charge in [0.15, 0.2) is 5.69 Å². The summed E-state index contributed by atoms with van der Waals surface area (Å²) in [5.74, 6) is 0.497. The highest BCUT2D eigenvalue weighted by Crippen LogP contribution is 2.38. The number of hydrogen-bond donors (Lipinski definition) is 0. The van der Waals surface area contributed by atoms with E-state index in [0.29, 0.717) is 37.7 Å². The van der Waals surface area contributed by atoms with Crippen LogP contribution in [0.4, 0.5) is 11.4 Å². The Hall–Kier alpha value is -1.86. The smallest absolute Gasteiger partial charge is 0.296 e. The minimum atomic E-state index is -0.390. The van der Waals surface area contributed by atoms with E-state index in [1.807, 2.05) is 4.90 Å². The Morgan fingerprint density at radius 3 is 2.95 bits per heavy atom. The number of para-hydroxylation sites is 1. The molecule has 1 aromatic rings. The van der Waals surface area contributed by atoms with Crippen LogP contribution in [0.15, 0.2) is 18.2 Å². The molecule has 7 heteroatoms. The number of morpholine rings is 1. The quantitative estimate of drug-likeness (QED) is 0.601. The molecular weight excluding hydrogens is 264 g/mol. The lowest BCUT2D eigenvalue weighted by Gasteiger charge is -2.34. The molecule has 2 rings (SSSR count). The Bertz CT molecular complexity index is 478. The number of nitro benzene ring substituents is 1. The number of ether oxygens (including phenoxy) is 3. The third kappa shape index (κ3) is 3.00. The van der Waals surface area contributed by atoms with E-state index in [1.54, 1.807) is 19.2 Å². The van der Waals surface area contributed by atoms with Crippen LogP contribution >= 0.6 is 0 Å². The monoisotopic (exact) mass is 282 g/mol. The van der Waals surface area contributed by atoms with Crippen molar-refractivity contribution >= 4 is 11.4 Å². The van der Waals surface area contributed by atoms with Gasteiger partial charge in [-0.05, 0) is 6.07 Å². The van der Waals surface area contributed by atoms with Crippen molar-refractivity contribution < 1.29 is 19.1 Å². The fourth-order valence-electron chi connectivity index (χ4n) is 2.35. The van der Waals surface area contributed by atoms with Gasteiger partial charge in [0, 0.05) is 26.3 Å². The van der Waals surface area contributed by atoms with Gasteiger partial charge in [0.1, 0.15) is 5.75 Å². The Morgan fingerprint density at radius 1 is 1.50 bits per heavy atom. The highest BCUT2D eigenvalue weighted by Gasteiger charge is 2.28. The lowest BCUT2D eigenvalue weighted by molar-refractivity contribution is -0.384. The molecule has 7 nitrogen and oxygen atoms in total. The molecule has 0 spiro atoms. The topological polar surface area (TPSA) is 74.1 Å². The standard InChI is InChI=1S/C13H18N2O5/c1-18-9-10-8-14(6-7-20-10)13-11(15(16)17)4-3-5-12(13)19-2/h3-5,10H,6-9H2,1-2H3/t10-/m0/s1. The summed E-state index contributed by atoms with van der Waals surface area (Å²) >= 11 is 0. The first-order chi connectivity index (χ1) is 9.67. The molecule has 0 amide bonds. The van der Waals surface area contributed by atoms with Crippen LogP contribution in [0.25, 0.3) is 0 Å². The van der Waals surface area contributed by atoms with E-state index in [9.17, 15) is 10.1 Å². The molecule has 1 atom stereocenters. The third-order valence-electron chi connectivity index (χ3n) is 3.20. The SMILES string of the molecule is COC[C@@H]1CN(c2c(OC)cccc2[N+](=O)[O-])CCO1. The van der Waals surface area contributed by atoms with Crippen LogP contribution in [0.1, 0.15) is 0 Å². The summed E-state index contributed by atoms with van der Waals surface area (Å²) in [4.78, 5) is 12.7. The first-order valence-electron chi connectivity index (χ1n) is 6.34. The van der Waals surface area contributed by atoms with Gasteiger partial charge < -0.3 is 19.1 Å². The molecule has 20 heavy (non-hydrogen) atoms. The second kappa shape index (κ2) is 6.53. The van der Waals surface area contributed by atoms with Gasteiger partial charge in [-0.2, -0.15) is 0 Å². The molecule has 0 saturated carbocycles. The minimum absolute atomic E-state index is 0.0439. The summed E-state index contributed by atoms with van der Waals surface area (Å²) in [5, 5.41) is 11.2. The zero-order chi connectivity index (χ0) is 14.5. The van der Waals surface area contributed by atoms with Crippen molar-refractivity contribution in [3.05, 3.63) is 28.3 Å². The normalized spacial score (nSPS) is 18.9. The molecule has 1 fully saturated rings. The number of rotatable bonds is 5. The van der Waals surface area contributed by atoms with Crippen molar-refractivity contribution in [1.29, 1.82) is 0 Å². The van der Waals surface area contributed by atoms with Crippen LogP contribution in [0, 0.1) is 10.1 Å². The van der Waals surface area contributed by atoms with E-state index >= 15 is 0 Å². The largest absolute Gasteiger partial charge is 0.494 e. The molecule has 110 valence electrons. The molecule has 1 aliphatic rings. The highest BCUT2D eigenvalue weighted by atomic mass is 16.6. The Morgan fingerprint density at radius 2 is 2.30 bits per heavy atom. The van der Waals surface area contributed by atoms with Gasteiger partial charge in [0.05, 0.1) is 31.4 Å². The minimum Gasteiger partial charge on any atom is -0.494 e. The lowest BCUT2D eigenvalue weighted by Crippen LogP contribution is -2.44. The van der Waals surface area contributed by atoms with Gasteiger partial charge in [-0.1, -0.05) is 6.07 Å². The first-order valence-corrected chi connectivity index (χ1v) is 6.34. The van der Waals surface area contributed by atoms with Crippen molar-refractivity contribution in [2.45, 2.75) is 6.10 Å². The number of hydrogen-bond acceptors (Lipinski definition) is 6. The predicted octanol–water partition coefficient (Wildman–Crippen LogP) is 1.45. The van der Waals surface area contributed by atoms with Crippen LogP contribution in [0.5, 0.6) is 5.75 Å². The van der Waals surface area contributed by atoms with Crippen LogP contribution in [-0.2, 0) is 9.47 Å². The van der Waals surface area contributed by atoms with Crippen molar-refractivity contribution in [2.24, 2.45) is 0 Å². The van der Waals surface area contributed by atoms with Crippen LogP contribution in [-0.4, -0.2) is 51.6 Å². The zero-order valence-electron chi connectivity index (χ0n) is 11.6. The maximum absolute atomic E-state index is 11.2. The van der Waals surface area contributed by atoms with E-state index in [2.05, 4.69) is 0 Å². The fourth-order valence-corrected chi connectivity index (χ4v) is 2.35. The van der Waals surface area contributed by atoms with Gasteiger partial charge in [-0.15, -0.1) is 0 Å². The zero-order valence-corrected chi connectivity index (χ0v) is 11.6. The van der Waals surface area contributed by atoms with E-state index in [-0.39, 0.29) is 11.8 Å². The summed E-state index contributed by atoms with van der Waals surface area (Å²) < 4.78 is 15.9. The predicted molar refractivity (Wildman–Crippen MR) is 73.5 cm³/mol. The van der Waals surface area contributed by atoms with E-state index in [1.165, 1.54) is 13.2 Å². The second-order valence-electron chi connectivity index (χ2n) is 4.48. The van der Waals surface area contributed by atoms with Crippen LogP contribution in [0.3, 0.4) is 0 Å². The number of methoxy groups -OCH3 is 2. The maximum Gasteiger partial charge on any atom is 0.296 e. The average molecular weight is 282 g/mol. The molecule has 0 unspecified atom stereocenters. The molecule has 0 N–H and O–H groups in total. The van der Waals surface area contributed by atoms with Crippen molar-refractivity contribution in [3.63, 3.8) is 0 Å². The van der Waals surface area contributed by atoms with Gasteiger partial charge in [-0.25, -0.2) is 0 Å². The number of nitrogens with zero attached hydrogens (tertiary/aromatic N) is 2. The summed E-state index contributed by atoms with van der Waals surface area (Å²) in [6, 6.07) is 4.83. The first kappa shape index (κ1) is 14.5. The number of benzene rings is 1.